The van der Waals surface area contributed by atoms with Crippen LogP contribution in [0.4, 0.5) is 4.39 Å². The summed E-state index contributed by atoms with van der Waals surface area (Å²) < 4.78 is 18.9. The molecule has 0 fully saturated rings. The van der Waals surface area contributed by atoms with Gasteiger partial charge in [-0.15, -0.1) is 0 Å². The first-order chi connectivity index (χ1) is 7.65. The lowest BCUT2D eigenvalue weighted by molar-refractivity contribution is 0.337. The van der Waals surface area contributed by atoms with Crippen LogP contribution in [0.3, 0.4) is 0 Å². The van der Waals surface area contributed by atoms with Crippen LogP contribution >= 0.6 is 0 Å². The number of rotatable bonds is 5. The quantitative estimate of drug-likeness (QED) is 0.779. The maximum Gasteiger partial charge on any atom is 0.165 e. The summed E-state index contributed by atoms with van der Waals surface area (Å²) in [6.07, 6.45) is 2.54. The fraction of sp³-hybridized carbons (Fsp3) is 0.385. The molecule has 0 spiro atoms. The predicted molar refractivity (Wildman–Crippen MR) is 64.1 cm³/mol. The third-order valence-electron chi connectivity index (χ3n) is 2.18. The van der Waals surface area contributed by atoms with Gasteiger partial charge in [0.25, 0.3) is 0 Å². The highest BCUT2D eigenvalue weighted by Gasteiger charge is 2.08. The number of nitrogens with two attached hydrogens (primary N) is 1. The maximum atomic E-state index is 13.5. The van der Waals surface area contributed by atoms with Crippen LogP contribution in [0.5, 0.6) is 5.75 Å². The van der Waals surface area contributed by atoms with Crippen LogP contribution in [-0.2, 0) is 6.42 Å². The van der Waals surface area contributed by atoms with E-state index in [4.69, 9.17) is 10.5 Å². The molecule has 2 N–H and O–H groups in total. The van der Waals surface area contributed by atoms with Gasteiger partial charge in [0.15, 0.2) is 11.6 Å². The predicted octanol–water partition coefficient (Wildman–Crippen LogP) is 2.67. The summed E-state index contributed by atoms with van der Waals surface area (Å²) in [6, 6.07) is 4.92. The molecule has 0 radical (unpaired) electrons. The molecular formula is C13H18FNO. The smallest absolute Gasteiger partial charge is 0.165 e. The van der Waals surface area contributed by atoms with Crippen molar-refractivity contribution in [1.29, 1.82) is 0 Å². The minimum absolute atomic E-state index is 0.324. The zero-order chi connectivity index (χ0) is 12.0. The molecule has 0 unspecified atom stereocenters. The number of halogens is 1. The highest BCUT2D eigenvalue weighted by molar-refractivity contribution is 5.35. The molecule has 16 heavy (non-hydrogen) atoms. The summed E-state index contributed by atoms with van der Waals surface area (Å²) >= 11 is 0. The zero-order valence-corrected chi connectivity index (χ0v) is 9.79. The van der Waals surface area contributed by atoms with Crippen molar-refractivity contribution >= 4 is 0 Å². The lowest BCUT2D eigenvalue weighted by atomic mass is 10.1. The number of allylic oxidation sites excluding steroid dienone is 1. The Morgan fingerprint density at radius 2 is 2.19 bits per heavy atom. The molecule has 0 heterocycles. The molecule has 0 aromatic heterocycles. The standard InChI is InChI=1S/C13H18FNO/c1-10(2)7-9-16-13-11(6-8-15)4-3-5-12(13)14/h3-5,7H,6,8-9,15H2,1-2H3. The van der Waals surface area contributed by atoms with Gasteiger partial charge in [0.05, 0.1) is 0 Å². The van der Waals surface area contributed by atoms with Crippen molar-refractivity contribution in [1.82, 2.24) is 0 Å². The lowest BCUT2D eigenvalue weighted by Crippen LogP contribution is -2.06. The Labute approximate surface area is 95.9 Å². The molecule has 0 saturated heterocycles. The van der Waals surface area contributed by atoms with Gasteiger partial charge in [-0.3, -0.25) is 0 Å². The number of hydrogen-bond donors (Lipinski definition) is 1. The van der Waals surface area contributed by atoms with Crippen LogP contribution in [-0.4, -0.2) is 13.2 Å². The number of ether oxygens (including phenoxy) is 1. The third kappa shape index (κ3) is 3.66. The van der Waals surface area contributed by atoms with Crippen molar-refractivity contribution in [2.75, 3.05) is 13.2 Å². The third-order valence-corrected chi connectivity index (χ3v) is 2.18. The molecule has 0 amide bonds. The Morgan fingerprint density at radius 1 is 1.44 bits per heavy atom. The normalized spacial score (nSPS) is 10.0. The van der Waals surface area contributed by atoms with E-state index in [-0.39, 0.29) is 5.82 Å². The molecule has 1 aromatic carbocycles. The summed E-state index contributed by atoms with van der Waals surface area (Å²) in [5.41, 5.74) is 7.44. The van der Waals surface area contributed by atoms with Gasteiger partial charge >= 0.3 is 0 Å². The van der Waals surface area contributed by atoms with Crippen molar-refractivity contribution in [2.45, 2.75) is 20.3 Å². The van der Waals surface area contributed by atoms with E-state index in [9.17, 15) is 4.39 Å². The molecule has 88 valence electrons. The molecule has 1 aromatic rings. The SMILES string of the molecule is CC(C)=CCOc1c(F)cccc1CCN. The fourth-order valence-electron chi connectivity index (χ4n) is 1.36. The first-order valence-corrected chi connectivity index (χ1v) is 5.38. The van der Waals surface area contributed by atoms with Gasteiger partial charge in [-0.25, -0.2) is 4.39 Å². The van der Waals surface area contributed by atoms with Crippen LogP contribution in [0.2, 0.25) is 0 Å². The Balaban J connectivity index is 2.79. The van der Waals surface area contributed by atoms with Crippen LogP contribution in [0, 0.1) is 5.82 Å². The van der Waals surface area contributed by atoms with Gasteiger partial charge in [0.1, 0.15) is 6.61 Å². The van der Waals surface area contributed by atoms with Gasteiger partial charge in [0.2, 0.25) is 0 Å². The molecule has 0 bridgehead atoms. The fourth-order valence-corrected chi connectivity index (χ4v) is 1.36. The average molecular weight is 223 g/mol. The molecule has 0 aliphatic heterocycles. The van der Waals surface area contributed by atoms with E-state index < -0.39 is 0 Å². The first-order valence-electron chi connectivity index (χ1n) is 5.38. The number of para-hydroxylation sites is 1. The second-order valence-electron chi connectivity index (χ2n) is 3.86. The largest absolute Gasteiger partial charge is 0.486 e. The monoisotopic (exact) mass is 223 g/mol. The highest BCUT2D eigenvalue weighted by Crippen LogP contribution is 2.22. The first kappa shape index (κ1) is 12.7. The van der Waals surface area contributed by atoms with Crippen molar-refractivity contribution in [3.8, 4) is 5.75 Å². The average Bonchev–Trinajstić information content (AvgIpc) is 2.22. The molecule has 0 atom stereocenters. The lowest BCUT2D eigenvalue weighted by Gasteiger charge is -2.10. The molecule has 1 rings (SSSR count). The molecule has 0 aliphatic rings. The summed E-state index contributed by atoms with van der Waals surface area (Å²) in [4.78, 5) is 0. The number of hydrogen-bond acceptors (Lipinski definition) is 2. The van der Waals surface area contributed by atoms with Gasteiger partial charge in [-0.05, 0) is 44.5 Å². The zero-order valence-electron chi connectivity index (χ0n) is 9.79. The molecular weight excluding hydrogens is 205 g/mol. The Morgan fingerprint density at radius 3 is 2.81 bits per heavy atom. The Kier molecular flexibility index (Phi) is 4.99. The summed E-state index contributed by atoms with van der Waals surface area (Å²) in [5, 5.41) is 0. The second kappa shape index (κ2) is 6.28. The van der Waals surface area contributed by atoms with E-state index in [1.807, 2.05) is 26.0 Å². The van der Waals surface area contributed by atoms with Crippen molar-refractivity contribution in [2.24, 2.45) is 5.73 Å². The van der Waals surface area contributed by atoms with Crippen LogP contribution < -0.4 is 10.5 Å². The van der Waals surface area contributed by atoms with E-state index >= 15 is 0 Å². The molecule has 2 nitrogen and oxygen atoms in total. The summed E-state index contributed by atoms with van der Waals surface area (Å²) in [6.45, 7) is 4.83. The minimum Gasteiger partial charge on any atom is -0.486 e. The van der Waals surface area contributed by atoms with E-state index in [1.54, 1.807) is 6.07 Å². The van der Waals surface area contributed by atoms with Gasteiger partial charge in [0, 0.05) is 0 Å². The van der Waals surface area contributed by atoms with Gasteiger partial charge in [-0.2, -0.15) is 0 Å². The highest BCUT2D eigenvalue weighted by atomic mass is 19.1. The number of benzene rings is 1. The molecule has 3 heteroatoms. The maximum absolute atomic E-state index is 13.5. The topological polar surface area (TPSA) is 35.2 Å². The molecule has 0 saturated carbocycles. The van der Waals surface area contributed by atoms with Crippen LogP contribution in [0.25, 0.3) is 0 Å². The summed E-state index contributed by atoms with van der Waals surface area (Å²) in [5.74, 6) is -0.00134. The van der Waals surface area contributed by atoms with Crippen molar-refractivity contribution < 1.29 is 9.13 Å². The molecule has 0 aliphatic carbocycles. The van der Waals surface area contributed by atoms with E-state index in [1.165, 1.54) is 6.07 Å². The second-order valence-corrected chi connectivity index (χ2v) is 3.86. The van der Waals surface area contributed by atoms with Crippen LogP contribution in [0.1, 0.15) is 19.4 Å². The van der Waals surface area contributed by atoms with Crippen molar-refractivity contribution in [3.05, 3.63) is 41.2 Å². The Hall–Kier alpha value is -1.35. The van der Waals surface area contributed by atoms with E-state index in [0.717, 1.165) is 11.1 Å². The minimum atomic E-state index is -0.326. The van der Waals surface area contributed by atoms with E-state index in [2.05, 4.69) is 0 Å². The summed E-state index contributed by atoms with van der Waals surface area (Å²) in [7, 11) is 0. The van der Waals surface area contributed by atoms with Gasteiger partial charge in [-0.1, -0.05) is 17.7 Å². The Bertz CT molecular complexity index is 370. The van der Waals surface area contributed by atoms with E-state index in [0.29, 0.717) is 25.3 Å². The van der Waals surface area contributed by atoms with Crippen molar-refractivity contribution in [3.63, 3.8) is 0 Å². The van der Waals surface area contributed by atoms with Crippen LogP contribution in [0.15, 0.2) is 29.8 Å². The van der Waals surface area contributed by atoms with Gasteiger partial charge < -0.3 is 10.5 Å².